The van der Waals surface area contributed by atoms with Gasteiger partial charge in [-0.05, 0) is 17.9 Å². The van der Waals surface area contributed by atoms with E-state index in [0.29, 0.717) is 25.6 Å². The summed E-state index contributed by atoms with van der Waals surface area (Å²) < 4.78 is 15.8. The molecule has 0 spiro atoms. The van der Waals surface area contributed by atoms with Gasteiger partial charge in [-0.1, -0.05) is 13.8 Å². The molecule has 0 saturated carbocycles. The minimum atomic E-state index is -1.07. The highest BCUT2D eigenvalue weighted by Crippen LogP contribution is 2.28. The number of hydrogen-bond acceptors (Lipinski definition) is 5. The molecule has 110 valence electrons. The number of aliphatic carboxylic acids is 1. The number of aliphatic hydroxyl groups is 1. The van der Waals surface area contributed by atoms with Crippen LogP contribution in [0.4, 0.5) is 0 Å². The molecule has 2 N–H and O–H groups in total. The number of allylic oxidation sites excluding steroid dienone is 1. The van der Waals surface area contributed by atoms with Crippen LogP contribution in [0.5, 0.6) is 0 Å². The second kappa shape index (κ2) is 8.14. The third-order valence-corrected chi connectivity index (χ3v) is 2.92. The highest BCUT2D eigenvalue weighted by Gasteiger charge is 2.28. The second-order valence-corrected chi connectivity index (χ2v) is 4.73. The Morgan fingerprint density at radius 3 is 2.79 bits per heavy atom. The molecule has 19 heavy (non-hydrogen) atoms. The Labute approximate surface area is 113 Å². The molecule has 0 amide bonds. The number of hydrogen-bond donors (Lipinski definition) is 2. The average molecular weight is 274 g/mol. The van der Waals surface area contributed by atoms with Crippen LogP contribution in [0.2, 0.25) is 0 Å². The van der Waals surface area contributed by atoms with Crippen molar-refractivity contribution in [2.24, 2.45) is 11.8 Å². The molecule has 0 aliphatic carbocycles. The Balaban J connectivity index is 2.43. The quantitative estimate of drug-likeness (QED) is 0.642. The molecule has 0 radical (unpaired) electrons. The van der Waals surface area contributed by atoms with Crippen molar-refractivity contribution in [3.8, 4) is 0 Å². The molecular formula is C13H22O6. The van der Waals surface area contributed by atoms with Crippen LogP contribution in [0.15, 0.2) is 11.8 Å². The topological polar surface area (TPSA) is 85.2 Å². The maximum Gasteiger partial charge on any atom is 0.370 e. The summed E-state index contributed by atoms with van der Waals surface area (Å²) in [4.78, 5) is 11.0. The first-order valence-corrected chi connectivity index (χ1v) is 6.46. The molecule has 1 aliphatic heterocycles. The van der Waals surface area contributed by atoms with E-state index < -0.39 is 12.3 Å². The van der Waals surface area contributed by atoms with E-state index in [1.54, 1.807) is 6.08 Å². The Morgan fingerprint density at radius 1 is 1.47 bits per heavy atom. The highest BCUT2D eigenvalue weighted by atomic mass is 16.7. The van der Waals surface area contributed by atoms with Gasteiger partial charge in [0.05, 0.1) is 26.4 Å². The first kappa shape index (κ1) is 15.9. The predicted molar refractivity (Wildman–Crippen MR) is 67.4 cm³/mol. The van der Waals surface area contributed by atoms with Crippen LogP contribution in [0.1, 0.15) is 20.3 Å². The fourth-order valence-corrected chi connectivity index (χ4v) is 1.81. The van der Waals surface area contributed by atoms with Crippen LogP contribution in [0.25, 0.3) is 0 Å². The van der Waals surface area contributed by atoms with Crippen LogP contribution in [-0.4, -0.2) is 48.9 Å². The zero-order chi connectivity index (χ0) is 14.3. The van der Waals surface area contributed by atoms with E-state index >= 15 is 0 Å². The zero-order valence-corrected chi connectivity index (χ0v) is 11.4. The van der Waals surface area contributed by atoms with Crippen molar-refractivity contribution >= 4 is 5.97 Å². The van der Waals surface area contributed by atoms with Crippen LogP contribution < -0.4 is 0 Å². The van der Waals surface area contributed by atoms with Crippen molar-refractivity contribution in [2.45, 2.75) is 26.6 Å². The predicted octanol–water partition coefficient (Wildman–Crippen LogP) is 0.999. The number of ether oxygens (including phenoxy) is 3. The van der Waals surface area contributed by atoms with E-state index in [0.717, 1.165) is 0 Å². The average Bonchev–Trinajstić information content (AvgIpc) is 2.38. The van der Waals surface area contributed by atoms with E-state index in [2.05, 4.69) is 0 Å². The Hall–Kier alpha value is -1.11. The van der Waals surface area contributed by atoms with Crippen LogP contribution >= 0.6 is 0 Å². The van der Waals surface area contributed by atoms with Crippen molar-refractivity contribution in [2.75, 3.05) is 26.4 Å². The lowest BCUT2D eigenvalue weighted by Gasteiger charge is -2.29. The summed E-state index contributed by atoms with van der Waals surface area (Å²) in [5, 5.41) is 17.5. The number of aliphatic hydroxyl groups excluding tert-OH is 1. The number of carboxylic acid groups (broad SMARTS) is 1. The van der Waals surface area contributed by atoms with Gasteiger partial charge >= 0.3 is 5.97 Å². The first-order valence-electron chi connectivity index (χ1n) is 6.46. The van der Waals surface area contributed by atoms with Gasteiger partial charge in [0.1, 0.15) is 0 Å². The standard InChI is InChI=1S/C13H22O6/c1-9(2)10-7-11(13(15)16)19-12(8-10)18-6-5-17-4-3-14/h7,9-10,12,14H,3-6,8H2,1-2H3,(H,15,16)/t10-,12+/m1/s1. The number of carbonyl (C=O) groups is 1. The molecule has 0 saturated heterocycles. The molecule has 6 nitrogen and oxygen atoms in total. The summed E-state index contributed by atoms with van der Waals surface area (Å²) >= 11 is 0. The third kappa shape index (κ3) is 5.59. The van der Waals surface area contributed by atoms with Crippen LogP contribution in [0, 0.1) is 11.8 Å². The van der Waals surface area contributed by atoms with Gasteiger partial charge in [-0.15, -0.1) is 0 Å². The first-order chi connectivity index (χ1) is 9.04. The summed E-state index contributed by atoms with van der Waals surface area (Å²) in [5.41, 5.74) is 0. The normalized spacial score (nSPS) is 23.1. The van der Waals surface area contributed by atoms with E-state index in [-0.39, 0.29) is 24.9 Å². The lowest BCUT2D eigenvalue weighted by Crippen LogP contribution is -2.30. The molecule has 0 fully saturated rings. The van der Waals surface area contributed by atoms with Crippen molar-refractivity contribution in [3.63, 3.8) is 0 Å². The summed E-state index contributed by atoms with van der Waals surface area (Å²) in [6.45, 7) is 4.97. The molecule has 0 bridgehead atoms. The SMILES string of the molecule is CC(C)[C@@H]1C=C(C(=O)O)O[C@H](OCCOCCO)C1. The van der Waals surface area contributed by atoms with Gasteiger partial charge in [0, 0.05) is 6.42 Å². The van der Waals surface area contributed by atoms with Crippen LogP contribution in [-0.2, 0) is 19.0 Å². The van der Waals surface area contributed by atoms with Gasteiger partial charge < -0.3 is 24.4 Å². The maximum absolute atomic E-state index is 11.0. The summed E-state index contributed by atoms with van der Waals surface area (Å²) in [6, 6.07) is 0. The largest absolute Gasteiger partial charge is 0.475 e. The van der Waals surface area contributed by atoms with Gasteiger partial charge in [-0.2, -0.15) is 0 Å². The minimum Gasteiger partial charge on any atom is -0.475 e. The third-order valence-electron chi connectivity index (χ3n) is 2.92. The lowest BCUT2D eigenvalue weighted by atomic mass is 9.90. The van der Waals surface area contributed by atoms with Gasteiger partial charge in [0.25, 0.3) is 0 Å². The fourth-order valence-electron chi connectivity index (χ4n) is 1.81. The van der Waals surface area contributed by atoms with Crippen molar-refractivity contribution in [1.29, 1.82) is 0 Å². The molecule has 0 aromatic carbocycles. The monoisotopic (exact) mass is 274 g/mol. The lowest BCUT2D eigenvalue weighted by molar-refractivity contribution is -0.163. The fraction of sp³-hybridized carbons (Fsp3) is 0.769. The van der Waals surface area contributed by atoms with Crippen molar-refractivity contribution in [3.05, 3.63) is 11.8 Å². The molecular weight excluding hydrogens is 252 g/mol. The molecule has 0 aromatic rings. The summed E-state index contributed by atoms with van der Waals surface area (Å²) in [6.07, 6.45) is 1.73. The molecule has 1 aliphatic rings. The van der Waals surface area contributed by atoms with E-state index in [9.17, 15) is 4.79 Å². The zero-order valence-electron chi connectivity index (χ0n) is 11.4. The van der Waals surface area contributed by atoms with Crippen molar-refractivity contribution in [1.82, 2.24) is 0 Å². The molecule has 2 atom stereocenters. The number of rotatable bonds is 8. The van der Waals surface area contributed by atoms with E-state index in [1.807, 2.05) is 13.8 Å². The molecule has 1 rings (SSSR count). The van der Waals surface area contributed by atoms with Crippen LogP contribution in [0.3, 0.4) is 0 Å². The van der Waals surface area contributed by atoms with Gasteiger partial charge in [0.15, 0.2) is 0 Å². The van der Waals surface area contributed by atoms with Gasteiger partial charge in [-0.25, -0.2) is 4.79 Å². The number of carboxylic acids is 1. The molecule has 0 aromatic heterocycles. The second-order valence-electron chi connectivity index (χ2n) is 4.73. The summed E-state index contributed by atoms with van der Waals surface area (Å²) in [5.74, 6) is -0.667. The van der Waals surface area contributed by atoms with Gasteiger partial charge in [0.2, 0.25) is 12.0 Å². The molecule has 0 unspecified atom stereocenters. The minimum absolute atomic E-state index is 0.0265. The maximum atomic E-state index is 11.0. The molecule has 1 heterocycles. The van der Waals surface area contributed by atoms with E-state index in [4.69, 9.17) is 24.4 Å². The highest BCUT2D eigenvalue weighted by molar-refractivity contribution is 5.84. The Bertz CT molecular complexity index is 312. The van der Waals surface area contributed by atoms with Gasteiger partial charge in [-0.3, -0.25) is 0 Å². The summed E-state index contributed by atoms with van der Waals surface area (Å²) in [7, 11) is 0. The molecule has 6 heteroatoms. The van der Waals surface area contributed by atoms with E-state index in [1.165, 1.54) is 0 Å². The Morgan fingerprint density at radius 2 is 2.21 bits per heavy atom. The smallest absolute Gasteiger partial charge is 0.370 e. The Kier molecular flexibility index (Phi) is 6.83. The van der Waals surface area contributed by atoms with Crippen molar-refractivity contribution < 1.29 is 29.2 Å².